The van der Waals surface area contributed by atoms with Crippen LogP contribution in [-0.2, 0) is 6.54 Å². The van der Waals surface area contributed by atoms with Gasteiger partial charge < -0.3 is 19.5 Å². The Balaban J connectivity index is 1.57. The summed E-state index contributed by atoms with van der Waals surface area (Å²) in [4.78, 5) is 6.92. The minimum absolute atomic E-state index is 0.0417. The van der Waals surface area contributed by atoms with Crippen molar-refractivity contribution >= 4 is 23.0 Å². The van der Waals surface area contributed by atoms with Crippen LogP contribution in [0.15, 0.2) is 85.1 Å². The van der Waals surface area contributed by atoms with Gasteiger partial charge in [0.15, 0.2) is 5.11 Å². The Bertz CT molecular complexity index is 1330. The Morgan fingerprint density at radius 1 is 0.972 bits per heavy atom. The summed E-state index contributed by atoms with van der Waals surface area (Å²) in [7, 11) is 0. The van der Waals surface area contributed by atoms with E-state index in [2.05, 4.69) is 83.2 Å². The van der Waals surface area contributed by atoms with Crippen LogP contribution in [0.3, 0.4) is 0 Å². The average molecular weight is 497 g/mol. The first-order valence-corrected chi connectivity index (χ1v) is 12.8. The van der Waals surface area contributed by atoms with Gasteiger partial charge in [-0.2, -0.15) is 0 Å². The smallest absolute Gasteiger partial charge is 0.174 e. The number of hydrogen-bond donors (Lipinski definition) is 1. The van der Waals surface area contributed by atoms with Crippen molar-refractivity contribution in [1.82, 2.24) is 14.9 Å². The van der Waals surface area contributed by atoms with Gasteiger partial charge in [-0.1, -0.05) is 36.4 Å². The second-order valence-electron chi connectivity index (χ2n) is 9.56. The summed E-state index contributed by atoms with van der Waals surface area (Å²) in [6.45, 7) is 9.29. The molecule has 6 heteroatoms. The molecule has 2 aromatic carbocycles. The van der Waals surface area contributed by atoms with Crippen LogP contribution in [0.1, 0.15) is 54.1 Å². The lowest BCUT2D eigenvalue weighted by atomic mass is 9.96. The number of aromatic nitrogens is 2. The van der Waals surface area contributed by atoms with E-state index in [-0.39, 0.29) is 18.2 Å². The molecule has 0 saturated carbocycles. The Hall–Kier alpha value is -3.64. The van der Waals surface area contributed by atoms with Crippen molar-refractivity contribution in [2.45, 2.75) is 52.4 Å². The van der Waals surface area contributed by atoms with Gasteiger partial charge in [-0.25, -0.2) is 0 Å². The third kappa shape index (κ3) is 4.73. The summed E-state index contributed by atoms with van der Waals surface area (Å²) >= 11 is 5.92. The predicted octanol–water partition coefficient (Wildman–Crippen LogP) is 6.51. The second kappa shape index (κ2) is 10.2. The number of ether oxygens (including phenoxy) is 1. The number of nitrogens with zero attached hydrogens (tertiary/aromatic N) is 3. The van der Waals surface area contributed by atoms with Gasteiger partial charge in [0.05, 0.1) is 23.9 Å². The van der Waals surface area contributed by atoms with Crippen molar-refractivity contribution in [2.75, 3.05) is 4.90 Å². The number of thiocarbonyl (C=S) groups is 1. The molecular formula is C30H32N4OS. The zero-order valence-electron chi connectivity index (χ0n) is 21.2. The van der Waals surface area contributed by atoms with E-state index in [1.165, 1.54) is 22.5 Å². The van der Waals surface area contributed by atoms with Gasteiger partial charge in [0, 0.05) is 29.8 Å². The third-order valence-electron chi connectivity index (χ3n) is 6.70. The van der Waals surface area contributed by atoms with Gasteiger partial charge in [0.2, 0.25) is 0 Å². The van der Waals surface area contributed by atoms with Crippen LogP contribution in [0.25, 0.3) is 0 Å². The maximum Gasteiger partial charge on any atom is 0.174 e. The molecule has 5 rings (SSSR count). The van der Waals surface area contributed by atoms with Crippen LogP contribution in [0, 0.1) is 13.8 Å². The topological polar surface area (TPSA) is 42.3 Å². The fourth-order valence-electron chi connectivity index (χ4n) is 5.04. The maximum atomic E-state index is 5.92. The van der Waals surface area contributed by atoms with Crippen LogP contribution < -0.4 is 15.0 Å². The van der Waals surface area contributed by atoms with E-state index in [9.17, 15) is 0 Å². The summed E-state index contributed by atoms with van der Waals surface area (Å²) in [5.74, 6) is 0.852. The molecule has 0 bridgehead atoms. The van der Waals surface area contributed by atoms with Crippen molar-refractivity contribution in [2.24, 2.45) is 0 Å². The van der Waals surface area contributed by atoms with E-state index in [0.29, 0.717) is 5.11 Å². The largest absolute Gasteiger partial charge is 0.491 e. The Morgan fingerprint density at radius 3 is 2.36 bits per heavy atom. The molecule has 184 valence electrons. The molecule has 0 radical (unpaired) electrons. The van der Waals surface area contributed by atoms with Crippen molar-refractivity contribution < 1.29 is 4.74 Å². The number of aryl methyl sites for hydroxylation is 1. The van der Waals surface area contributed by atoms with E-state index in [0.717, 1.165) is 23.7 Å². The Kier molecular flexibility index (Phi) is 6.79. The number of nitrogens with one attached hydrogen (secondary N) is 1. The molecule has 3 heterocycles. The first-order chi connectivity index (χ1) is 17.4. The third-order valence-corrected chi connectivity index (χ3v) is 7.01. The van der Waals surface area contributed by atoms with Crippen molar-refractivity contribution in [3.8, 4) is 5.75 Å². The lowest BCUT2D eigenvalue weighted by Crippen LogP contribution is -2.29. The van der Waals surface area contributed by atoms with Gasteiger partial charge in [-0.05, 0) is 93.5 Å². The number of benzene rings is 2. The highest BCUT2D eigenvalue weighted by atomic mass is 32.1. The van der Waals surface area contributed by atoms with Crippen LogP contribution in [0.4, 0.5) is 5.69 Å². The van der Waals surface area contributed by atoms with E-state index in [4.69, 9.17) is 21.9 Å². The maximum absolute atomic E-state index is 5.92. The lowest BCUT2D eigenvalue weighted by Gasteiger charge is -2.28. The molecule has 1 fully saturated rings. The van der Waals surface area contributed by atoms with Crippen LogP contribution in [0.2, 0.25) is 0 Å². The first-order valence-electron chi connectivity index (χ1n) is 12.4. The zero-order valence-corrected chi connectivity index (χ0v) is 22.0. The standard InChI is InChI=1S/C30H32N4OS/c1-20(2)35-25-15-13-24(14-16-25)34-29(28(32-30(34)36)27-12-8-9-17-31-27)26-18-21(3)33(22(26)4)19-23-10-6-5-7-11-23/h5-18,20,28-29H,19H2,1-4H3,(H,32,36). The van der Waals surface area contributed by atoms with E-state index in [1.807, 2.05) is 44.3 Å². The number of pyridine rings is 1. The van der Waals surface area contributed by atoms with E-state index >= 15 is 0 Å². The van der Waals surface area contributed by atoms with Crippen molar-refractivity contribution in [1.29, 1.82) is 0 Å². The summed E-state index contributed by atoms with van der Waals surface area (Å²) in [6, 6.07) is 27.0. The molecule has 1 N–H and O–H groups in total. The number of hydrogen-bond acceptors (Lipinski definition) is 3. The van der Waals surface area contributed by atoms with Gasteiger partial charge in [0.25, 0.3) is 0 Å². The molecule has 2 unspecified atom stereocenters. The van der Waals surface area contributed by atoms with E-state index < -0.39 is 0 Å². The van der Waals surface area contributed by atoms with Crippen LogP contribution in [-0.4, -0.2) is 20.8 Å². The van der Waals surface area contributed by atoms with Crippen LogP contribution >= 0.6 is 12.2 Å². The zero-order chi connectivity index (χ0) is 25.2. The monoisotopic (exact) mass is 496 g/mol. The molecule has 1 aliphatic rings. The normalized spacial score (nSPS) is 17.5. The molecule has 0 amide bonds. The van der Waals surface area contributed by atoms with Crippen molar-refractivity contribution in [3.63, 3.8) is 0 Å². The van der Waals surface area contributed by atoms with Crippen molar-refractivity contribution in [3.05, 3.63) is 113 Å². The molecule has 4 aromatic rings. The average Bonchev–Trinajstić information content (AvgIpc) is 3.36. The second-order valence-corrected chi connectivity index (χ2v) is 9.94. The molecule has 1 aliphatic heterocycles. The SMILES string of the molecule is Cc1cc(C2C(c3ccccn3)NC(=S)N2c2ccc(OC(C)C)cc2)c(C)n1Cc1ccccc1. The molecule has 5 nitrogen and oxygen atoms in total. The molecule has 36 heavy (non-hydrogen) atoms. The summed E-state index contributed by atoms with van der Waals surface area (Å²) in [5, 5.41) is 4.27. The Labute approximate surface area is 218 Å². The summed E-state index contributed by atoms with van der Waals surface area (Å²) in [5.41, 5.74) is 6.99. The van der Waals surface area contributed by atoms with Gasteiger partial charge in [0.1, 0.15) is 5.75 Å². The fourth-order valence-corrected chi connectivity index (χ4v) is 5.39. The van der Waals surface area contributed by atoms with Crippen LogP contribution in [0.5, 0.6) is 5.75 Å². The highest BCUT2D eigenvalue weighted by Crippen LogP contribution is 2.43. The highest BCUT2D eigenvalue weighted by Gasteiger charge is 2.42. The quantitative estimate of drug-likeness (QED) is 0.295. The molecule has 0 aliphatic carbocycles. The molecule has 0 spiro atoms. The summed E-state index contributed by atoms with van der Waals surface area (Å²) < 4.78 is 8.26. The first kappa shape index (κ1) is 24.1. The minimum atomic E-state index is -0.0732. The lowest BCUT2D eigenvalue weighted by molar-refractivity contribution is 0.242. The molecule has 1 saturated heterocycles. The Morgan fingerprint density at radius 2 is 1.69 bits per heavy atom. The molecule has 2 atom stereocenters. The summed E-state index contributed by atoms with van der Waals surface area (Å²) in [6.07, 6.45) is 1.97. The minimum Gasteiger partial charge on any atom is -0.491 e. The number of rotatable bonds is 7. The van der Waals surface area contributed by atoms with E-state index in [1.54, 1.807) is 0 Å². The molecular weight excluding hydrogens is 464 g/mol. The highest BCUT2D eigenvalue weighted by molar-refractivity contribution is 7.80. The predicted molar refractivity (Wildman–Crippen MR) is 150 cm³/mol. The molecule has 2 aromatic heterocycles. The van der Waals surface area contributed by atoms with Gasteiger partial charge in [-0.15, -0.1) is 0 Å². The number of anilines is 1. The van der Waals surface area contributed by atoms with Gasteiger partial charge >= 0.3 is 0 Å². The van der Waals surface area contributed by atoms with Gasteiger partial charge in [-0.3, -0.25) is 4.98 Å². The fraction of sp³-hybridized carbons (Fsp3) is 0.267.